The fourth-order valence-electron chi connectivity index (χ4n) is 2.74. The summed E-state index contributed by atoms with van der Waals surface area (Å²) in [4.78, 5) is 12.5. The quantitative estimate of drug-likeness (QED) is 0.602. The number of nitrogens with one attached hydrogen (secondary N) is 2. The number of aromatic nitrogens is 1. The average molecular weight is 418 g/mol. The van der Waals surface area contributed by atoms with Crippen LogP contribution in [0.1, 0.15) is 16.1 Å². The number of aliphatic hydroxyl groups excluding tert-OH is 1. The Labute approximate surface area is 165 Å². The van der Waals surface area contributed by atoms with Gasteiger partial charge in [-0.1, -0.05) is 11.8 Å². The number of amides is 1. The third-order valence-corrected chi connectivity index (χ3v) is 5.46. The first-order valence-corrected chi connectivity index (χ1v) is 9.70. The van der Waals surface area contributed by atoms with Crippen molar-refractivity contribution in [3.05, 3.63) is 41.5 Å². The third-order valence-electron chi connectivity index (χ3n) is 4.00. The summed E-state index contributed by atoms with van der Waals surface area (Å²) in [6, 6.07) is 4.24. The van der Waals surface area contributed by atoms with Gasteiger partial charge in [0.15, 0.2) is 11.4 Å². The highest BCUT2D eigenvalue weighted by atomic mass is 32.2. The number of hydrogen-bond donors (Lipinski definition) is 3. The molecule has 150 valence electrons. The zero-order valence-electron chi connectivity index (χ0n) is 15.1. The molecule has 1 aliphatic rings. The van der Waals surface area contributed by atoms with Crippen LogP contribution in [0.2, 0.25) is 0 Å². The first kappa shape index (κ1) is 20.4. The maximum atomic E-state index is 13.5. The molecule has 1 aromatic carbocycles. The van der Waals surface area contributed by atoms with Crippen molar-refractivity contribution < 1.29 is 27.4 Å². The van der Waals surface area contributed by atoms with Gasteiger partial charge in [-0.25, -0.2) is 12.8 Å². The second-order valence-electron chi connectivity index (χ2n) is 6.01. The number of aryl methyl sites for hydroxylation is 1. The maximum Gasteiger partial charge on any atom is 0.276 e. The lowest BCUT2D eigenvalue weighted by Gasteiger charge is -2.11. The van der Waals surface area contributed by atoms with E-state index >= 15 is 0 Å². The highest BCUT2D eigenvalue weighted by molar-refractivity contribution is 7.89. The van der Waals surface area contributed by atoms with Crippen molar-refractivity contribution >= 4 is 21.6 Å². The number of carbonyl (C=O) groups excluding carboxylic acids is 1. The molecule has 0 bridgehead atoms. The van der Waals surface area contributed by atoms with Gasteiger partial charge in [0, 0.05) is 18.9 Å². The lowest BCUT2D eigenvalue weighted by atomic mass is 10.2. The fourth-order valence-corrected chi connectivity index (χ4v) is 4.07. The first-order chi connectivity index (χ1) is 13.8. The molecule has 0 radical (unpaired) electrons. The first-order valence-electron chi connectivity index (χ1n) is 8.21. The molecular formula is C18H15FN4O5S. The van der Waals surface area contributed by atoms with Crippen molar-refractivity contribution in [2.75, 3.05) is 18.5 Å². The summed E-state index contributed by atoms with van der Waals surface area (Å²) in [5.74, 6) is 3.28. The van der Waals surface area contributed by atoms with Gasteiger partial charge >= 0.3 is 0 Å². The molecule has 0 spiro atoms. The van der Waals surface area contributed by atoms with Crippen molar-refractivity contribution in [2.24, 2.45) is 7.05 Å². The van der Waals surface area contributed by atoms with Crippen LogP contribution in [0.3, 0.4) is 0 Å². The number of fused-ring (bicyclic) bond motifs is 1. The fraction of sp³-hybridized carbons (Fsp3) is 0.222. The van der Waals surface area contributed by atoms with Crippen LogP contribution in [-0.4, -0.2) is 43.3 Å². The maximum absolute atomic E-state index is 13.5. The molecule has 1 aromatic heterocycles. The van der Waals surface area contributed by atoms with Gasteiger partial charge in [-0.05, 0) is 18.2 Å². The van der Waals surface area contributed by atoms with Crippen LogP contribution in [0, 0.1) is 29.0 Å². The van der Waals surface area contributed by atoms with E-state index in [4.69, 9.17) is 15.1 Å². The summed E-state index contributed by atoms with van der Waals surface area (Å²) in [5.41, 5.74) is -0.171. The van der Waals surface area contributed by atoms with Crippen molar-refractivity contribution in [3.8, 4) is 23.7 Å². The molecule has 9 nitrogen and oxygen atoms in total. The molecule has 11 heteroatoms. The molecule has 29 heavy (non-hydrogen) atoms. The van der Waals surface area contributed by atoms with Gasteiger partial charge < -0.3 is 19.7 Å². The standard InChI is InChI=1S/C18H15FN4O5S/c1-23-9-15-17(28-10-13(3-2-6-24)22-29(15,26)27)16(23)18(25)21-12-4-5-14(19)11(7-12)8-20/h4-5,7,9,13,22,24H,6,10H2,1H3,(H,21,25). The normalized spacial score (nSPS) is 17.0. The van der Waals surface area contributed by atoms with E-state index < -0.39 is 34.4 Å². The molecule has 0 saturated carbocycles. The van der Waals surface area contributed by atoms with E-state index in [2.05, 4.69) is 21.9 Å². The number of halogens is 1. The smallest absolute Gasteiger partial charge is 0.276 e. The Morgan fingerprint density at radius 3 is 2.97 bits per heavy atom. The Hall–Kier alpha value is -3.38. The zero-order chi connectivity index (χ0) is 21.2. The molecule has 3 rings (SSSR count). The largest absolute Gasteiger partial charge is 0.487 e. The summed E-state index contributed by atoms with van der Waals surface area (Å²) in [6.45, 7) is -0.624. The minimum absolute atomic E-state index is 0.0797. The van der Waals surface area contributed by atoms with Crippen LogP contribution >= 0.6 is 0 Å². The van der Waals surface area contributed by atoms with E-state index in [1.165, 1.54) is 23.9 Å². The monoisotopic (exact) mass is 418 g/mol. The van der Waals surface area contributed by atoms with Crippen LogP contribution in [0.4, 0.5) is 10.1 Å². The number of benzene rings is 1. The molecule has 2 heterocycles. The zero-order valence-corrected chi connectivity index (χ0v) is 15.9. The molecule has 1 unspecified atom stereocenters. The molecule has 3 N–H and O–H groups in total. The van der Waals surface area contributed by atoms with Gasteiger partial charge in [-0.2, -0.15) is 9.98 Å². The molecular weight excluding hydrogens is 403 g/mol. The summed E-state index contributed by atoms with van der Waals surface area (Å²) in [6.07, 6.45) is 1.22. The SMILES string of the molecule is Cn1cc2c(c1C(=O)Nc1ccc(F)c(C#N)c1)OCC(C#CCO)NS2(=O)=O. The van der Waals surface area contributed by atoms with Crippen molar-refractivity contribution in [2.45, 2.75) is 10.9 Å². The van der Waals surface area contributed by atoms with E-state index in [-0.39, 0.29) is 34.2 Å². The number of hydrogen-bond acceptors (Lipinski definition) is 6. The number of nitrogens with zero attached hydrogens (tertiary/aromatic N) is 2. The molecule has 1 amide bonds. The molecule has 0 fully saturated rings. The number of nitriles is 1. The van der Waals surface area contributed by atoms with Gasteiger partial charge in [0.25, 0.3) is 5.91 Å². The summed E-state index contributed by atoms with van der Waals surface area (Å²) in [5, 5.41) is 20.2. The van der Waals surface area contributed by atoms with Crippen LogP contribution in [0.25, 0.3) is 0 Å². The van der Waals surface area contributed by atoms with Crippen molar-refractivity contribution in [1.82, 2.24) is 9.29 Å². The van der Waals surface area contributed by atoms with E-state index in [1.807, 2.05) is 0 Å². The van der Waals surface area contributed by atoms with Gasteiger partial charge in [0.05, 0.1) is 5.56 Å². The number of carbonyl (C=O) groups is 1. The Kier molecular flexibility index (Phi) is 5.57. The third kappa shape index (κ3) is 4.07. The highest BCUT2D eigenvalue weighted by Gasteiger charge is 2.34. The number of rotatable bonds is 2. The molecule has 0 saturated heterocycles. The minimum Gasteiger partial charge on any atom is -0.487 e. The Morgan fingerprint density at radius 1 is 1.52 bits per heavy atom. The lowest BCUT2D eigenvalue weighted by Crippen LogP contribution is -2.35. The molecule has 1 atom stereocenters. The van der Waals surface area contributed by atoms with Crippen molar-refractivity contribution in [3.63, 3.8) is 0 Å². The number of ether oxygens (including phenoxy) is 1. The Morgan fingerprint density at radius 2 is 2.28 bits per heavy atom. The van der Waals surface area contributed by atoms with Crippen LogP contribution in [0.15, 0.2) is 29.3 Å². The predicted molar refractivity (Wildman–Crippen MR) is 98.9 cm³/mol. The van der Waals surface area contributed by atoms with E-state index in [0.717, 1.165) is 12.1 Å². The van der Waals surface area contributed by atoms with E-state index in [0.29, 0.717) is 0 Å². The highest BCUT2D eigenvalue weighted by Crippen LogP contribution is 2.32. The van der Waals surface area contributed by atoms with Crippen LogP contribution < -0.4 is 14.8 Å². The Balaban J connectivity index is 1.96. The van der Waals surface area contributed by atoms with Gasteiger partial charge in [-0.15, -0.1) is 0 Å². The summed E-state index contributed by atoms with van der Waals surface area (Å²) < 4.78 is 47.8. The number of aliphatic hydroxyl groups is 1. The molecule has 2 aromatic rings. The molecule has 0 aliphatic carbocycles. The lowest BCUT2D eigenvalue weighted by molar-refractivity contribution is 0.101. The Bertz CT molecular complexity index is 1190. The number of anilines is 1. The van der Waals surface area contributed by atoms with Crippen LogP contribution in [-0.2, 0) is 17.1 Å². The summed E-state index contributed by atoms with van der Waals surface area (Å²) >= 11 is 0. The average Bonchev–Trinajstić information content (AvgIpc) is 2.96. The second-order valence-corrected chi connectivity index (χ2v) is 7.69. The van der Waals surface area contributed by atoms with Gasteiger partial charge in [-0.3, -0.25) is 4.79 Å². The van der Waals surface area contributed by atoms with Gasteiger partial charge in [0.2, 0.25) is 10.0 Å². The topological polar surface area (TPSA) is 133 Å². The number of sulfonamides is 1. The van der Waals surface area contributed by atoms with Crippen molar-refractivity contribution in [1.29, 1.82) is 5.26 Å². The van der Waals surface area contributed by atoms with Crippen LogP contribution in [0.5, 0.6) is 5.75 Å². The van der Waals surface area contributed by atoms with E-state index in [1.54, 1.807) is 6.07 Å². The predicted octanol–water partition coefficient (Wildman–Crippen LogP) is 0.323. The minimum atomic E-state index is -4.04. The van der Waals surface area contributed by atoms with E-state index in [9.17, 15) is 17.6 Å². The van der Waals surface area contributed by atoms with Gasteiger partial charge in [0.1, 0.15) is 36.0 Å². The summed E-state index contributed by atoms with van der Waals surface area (Å²) in [7, 11) is -2.57. The second kappa shape index (κ2) is 7.93. The molecule has 1 aliphatic heterocycles.